The molecule has 2 aromatic carbocycles. The van der Waals surface area contributed by atoms with Gasteiger partial charge in [-0.1, -0.05) is 6.07 Å². The van der Waals surface area contributed by atoms with Gasteiger partial charge in [0.25, 0.3) is 0 Å². The molecule has 0 bridgehead atoms. The van der Waals surface area contributed by atoms with Crippen LogP contribution < -0.4 is 5.43 Å². The molecule has 1 aliphatic heterocycles. The van der Waals surface area contributed by atoms with E-state index in [4.69, 9.17) is 4.42 Å². The zero-order valence-electron chi connectivity index (χ0n) is 14.0. The molecule has 6 nitrogen and oxygen atoms in total. The summed E-state index contributed by atoms with van der Waals surface area (Å²) in [5.74, 6) is -0.811. The van der Waals surface area contributed by atoms with Crippen molar-refractivity contribution in [3.8, 4) is 28.2 Å². The third kappa shape index (κ3) is 2.73. The lowest BCUT2D eigenvalue weighted by atomic mass is 9.90. The molecule has 132 valence electrons. The van der Waals surface area contributed by atoms with Crippen molar-refractivity contribution in [1.82, 2.24) is 0 Å². The van der Waals surface area contributed by atoms with Crippen molar-refractivity contribution in [3.05, 3.63) is 70.4 Å². The maximum absolute atomic E-state index is 11.9. The maximum Gasteiger partial charge on any atom is 0.336 e. The van der Waals surface area contributed by atoms with Gasteiger partial charge in [-0.2, -0.15) is 0 Å². The summed E-state index contributed by atoms with van der Waals surface area (Å²) in [6.07, 6.45) is 0. The molecule has 0 unspecified atom stereocenters. The van der Waals surface area contributed by atoms with Crippen LogP contribution in [-0.2, 0) is 0 Å². The molecular weight excluding hydrogens is 346 g/mol. The van der Waals surface area contributed by atoms with Crippen LogP contribution in [0, 0.1) is 0 Å². The fraction of sp³-hybridized carbons (Fsp3) is 0. The van der Waals surface area contributed by atoms with E-state index in [-0.39, 0.29) is 16.7 Å². The Morgan fingerprint density at radius 3 is 2.52 bits per heavy atom. The first-order valence-electron chi connectivity index (χ1n) is 8.02. The highest BCUT2D eigenvalue weighted by atomic mass is 16.4. The zero-order valence-corrected chi connectivity index (χ0v) is 14.0. The van der Waals surface area contributed by atoms with Crippen molar-refractivity contribution in [2.75, 3.05) is 0 Å². The summed E-state index contributed by atoms with van der Waals surface area (Å²) in [7, 11) is 0. The Morgan fingerprint density at radius 2 is 1.78 bits per heavy atom. The standard InChI is InChI=1S/C21H13NO5/c1-22-11-2-5-14(17(8-11)21(25)26)20-15-6-3-12(23)9-18(15)27-19-10-13(24)4-7-16(19)20/h2-10,23H,1H2,(H,25,26). The van der Waals surface area contributed by atoms with E-state index in [0.29, 0.717) is 39.1 Å². The number of aromatic hydroxyl groups is 1. The molecule has 27 heavy (non-hydrogen) atoms. The molecule has 0 aromatic heterocycles. The van der Waals surface area contributed by atoms with Crippen molar-refractivity contribution in [2.45, 2.75) is 0 Å². The lowest BCUT2D eigenvalue weighted by molar-refractivity contribution is 0.0697. The molecular formula is C21H13NO5. The van der Waals surface area contributed by atoms with E-state index in [1.165, 1.54) is 30.3 Å². The van der Waals surface area contributed by atoms with Gasteiger partial charge in [-0.3, -0.25) is 9.79 Å². The molecule has 2 N–H and O–H groups in total. The molecule has 6 heteroatoms. The molecule has 0 spiro atoms. The van der Waals surface area contributed by atoms with Gasteiger partial charge in [0.1, 0.15) is 17.1 Å². The minimum atomic E-state index is -1.11. The second-order valence-electron chi connectivity index (χ2n) is 6.01. The predicted molar refractivity (Wildman–Crippen MR) is 102 cm³/mol. The molecule has 0 fully saturated rings. The van der Waals surface area contributed by atoms with E-state index in [0.717, 1.165) is 0 Å². The molecule has 0 saturated carbocycles. The molecule has 2 aliphatic rings. The average Bonchev–Trinajstić information content (AvgIpc) is 2.65. The second kappa shape index (κ2) is 6.10. The normalized spacial score (nSPS) is 11.0. The number of carboxylic acid groups (broad SMARTS) is 1. The quantitative estimate of drug-likeness (QED) is 0.419. The highest BCUT2D eigenvalue weighted by molar-refractivity contribution is 6.08. The van der Waals surface area contributed by atoms with Crippen molar-refractivity contribution < 1.29 is 19.4 Å². The Bertz CT molecular complexity index is 1260. The molecule has 2 aromatic rings. The summed E-state index contributed by atoms with van der Waals surface area (Å²) in [4.78, 5) is 27.4. The number of carbonyl (C=O) groups is 1. The fourth-order valence-corrected chi connectivity index (χ4v) is 3.17. The van der Waals surface area contributed by atoms with Crippen LogP contribution in [-0.4, -0.2) is 22.9 Å². The van der Waals surface area contributed by atoms with Crippen LogP contribution >= 0.6 is 0 Å². The first kappa shape index (κ1) is 16.5. The van der Waals surface area contributed by atoms with Gasteiger partial charge in [0.2, 0.25) is 0 Å². The predicted octanol–water partition coefficient (Wildman–Crippen LogP) is 4.30. The Hall–Kier alpha value is -3.93. The summed E-state index contributed by atoms with van der Waals surface area (Å²) in [5, 5.41) is 20.1. The van der Waals surface area contributed by atoms with Crippen molar-refractivity contribution >= 4 is 29.3 Å². The van der Waals surface area contributed by atoms with Crippen LogP contribution in [0.1, 0.15) is 10.4 Å². The third-order valence-electron chi connectivity index (χ3n) is 4.36. The maximum atomic E-state index is 11.9. The summed E-state index contributed by atoms with van der Waals surface area (Å²) in [5.41, 5.74) is 2.23. The number of phenols is 1. The largest absolute Gasteiger partial charge is 0.508 e. The molecule has 0 amide bonds. The lowest BCUT2D eigenvalue weighted by Gasteiger charge is -2.17. The van der Waals surface area contributed by atoms with Gasteiger partial charge in [0, 0.05) is 28.6 Å². The number of carboxylic acids is 1. The van der Waals surface area contributed by atoms with Crippen LogP contribution in [0.15, 0.2) is 68.8 Å². The highest BCUT2D eigenvalue weighted by Gasteiger charge is 2.22. The summed E-state index contributed by atoms with van der Waals surface area (Å²) >= 11 is 0. The number of benzene rings is 3. The van der Waals surface area contributed by atoms with Gasteiger partial charge in [0.05, 0.1) is 11.3 Å². The molecule has 1 aliphatic carbocycles. The van der Waals surface area contributed by atoms with Crippen LogP contribution in [0.4, 0.5) is 5.69 Å². The number of nitrogens with zero attached hydrogens (tertiary/aromatic N) is 1. The number of rotatable bonds is 3. The number of fused-ring (bicyclic) bond motifs is 2. The molecule has 0 saturated heterocycles. The van der Waals surface area contributed by atoms with E-state index in [9.17, 15) is 19.8 Å². The summed E-state index contributed by atoms with van der Waals surface area (Å²) in [6, 6.07) is 13.7. The van der Waals surface area contributed by atoms with Crippen LogP contribution in [0.5, 0.6) is 5.75 Å². The van der Waals surface area contributed by atoms with Gasteiger partial charge >= 0.3 is 5.97 Å². The second-order valence-corrected chi connectivity index (χ2v) is 6.01. The van der Waals surface area contributed by atoms with Crippen LogP contribution in [0.25, 0.3) is 33.4 Å². The number of hydrogen-bond donors (Lipinski definition) is 2. The minimum Gasteiger partial charge on any atom is -0.508 e. The van der Waals surface area contributed by atoms with Gasteiger partial charge in [-0.15, -0.1) is 0 Å². The van der Waals surface area contributed by atoms with E-state index in [1.54, 1.807) is 24.3 Å². The first-order chi connectivity index (χ1) is 13.0. The van der Waals surface area contributed by atoms with Gasteiger partial charge in [-0.05, 0) is 48.7 Å². The monoisotopic (exact) mass is 359 g/mol. The van der Waals surface area contributed by atoms with E-state index in [1.807, 2.05) is 0 Å². The van der Waals surface area contributed by atoms with Gasteiger partial charge in [-0.25, -0.2) is 4.79 Å². The van der Waals surface area contributed by atoms with E-state index in [2.05, 4.69) is 11.7 Å². The third-order valence-corrected chi connectivity index (χ3v) is 4.36. The van der Waals surface area contributed by atoms with E-state index < -0.39 is 5.97 Å². The Labute approximate surface area is 153 Å². The lowest BCUT2D eigenvalue weighted by Crippen LogP contribution is -2.03. The molecule has 0 radical (unpaired) electrons. The van der Waals surface area contributed by atoms with Crippen molar-refractivity contribution in [2.24, 2.45) is 4.99 Å². The first-order valence-corrected chi connectivity index (χ1v) is 8.02. The van der Waals surface area contributed by atoms with Crippen LogP contribution in [0.2, 0.25) is 0 Å². The molecule has 4 rings (SSSR count). The van der Waals surface area contributed by atoms with E-state index >= 15 is 0 Å². The van der Waals surface area contributed by atoms with Crippen LogP contribution in [0.3, 0.4) is 0 Å². The molecule has 0 atom stereocenters. The smallest absolute Gasteiger partial charge is 0.336 e. The molecule has 1 heterocycles. The summed E-state index contributed by atoms with van der Waals surface area (Å²) < 4.78 is 5.78. The van der Waals surface area contributed by atoms with Gasteiger partial charge < -0.3 is 14.6 Å². The fourth-order valence-electron chi connectivity index (χ4n) is 3.17. The minimum absolute atomic E-state index is 0.000471. The highest BCUT2D eigenvalue weighted by Crippen LogP contribution is 2.42. The Morgan fingerprint density at radius 1 is 1.00 bits per heavy atom. The average molecular weight is 359 g/mol. The Kier molecular flexibility index (Phi) is 3.74. The number of aromatic carboxylic acids is 1. The zero-order chi connectivity index (χ0) is 19.1. The number of phenolic OH excluding ortho intramolecular Hbond substituents is 1. The van der Waals surface area contributed by atoms with Crippen molar-refractivity contribution in [3.63, 3.8) is 0 Å². The number of aliphatic imine (C=N–C) groups is 1. The van der Waals surface area contributed by atoms with Crippen molar-refractivity contribution in [1.29, 1.82) is 0 Å². The van der Waals surface area contributed by atoms with Gasteiger partial charge in [0.15, 0.2) is 5.43 Å². The summed E-state index contributed by atoms with van der Waals surface area (Å²) in [6.45, 7) is 3.43. The number of hydrogen-bond acceptors (Lipinski definition) is 5. The SMILES string of the molecule is C=Nc1ccc(-c2c3ccc(=O)cc-3oc3cc(O)ccc23)c(C(=O)O)c1. The topological polar surface area (TPSA) is 100 Å². The Balaban J connectivity index is 2.19.